The second-order valence-corrected chi connectivity index (χ2v) is 5.36. The second-order valence-electron chi connectivity index (χ2n) is 5.36. The first-order chi connectivity index (χ1) is 9.89. The minimum absolute atomic E-state index is 0.251. The molecule has 0 aliphatic carbocycles. The maximum atomic E-state index is 12.7. The predicted molar refractivity (Wildman–Crippen MR) is 73.7 cm³/mol. The largest absolute Gasteiger partial charge is 0.489 e. The van der Waals surface area contributed by atoms with Crippen LogP contribution in [0.15, 0.2) is 18.2 Å². The summed E-state index contributed by atoms with van der Waals surface area (Å²) in [5, 5.41) is 2.87. The molecule has 1 N–H and O–H groups in total. The zero-order valence-corrected chi connectivity index (χ0v) is 12.2. The Kier molecular flexibility index (Phi) is 4.98. The van der Waals surface area contributed by atoms with E-state index in [1.165, 1.54) is 0 Å². The Labute approximate surface area is 122 Å². The molecule has 118 valence electrons. The third-order valence-corrected chi connectivity index (χ3v) is 3.30. The van der Waals surface area contributed by atoms with E-state index in [0.29, 0.717) is 36.8 Å². The number of fused-ring (bicyclic) bond motifs is 1. The molecule has 0 saturated heterocycles. The van der Waals surface area contributed by atoms with Crippen LogP contribution in [0.1, 0.15) is 31.9 Å². The van der Waals surface area contributed by atoms with E-state index in [2.05, 4.69) is 5.32 Å². The first kappa shape index (κ1) is 15.9. The summed E-state index contributed by atoms with van der Waals surface area (Å²) in [5.41, 5.74) is 0.561. The van der Waals surface area contributed by atoms with Crippen LogP contribution >= 0.6 is 0 Å². The van der Waals surface area contributed by atoms with Gasteiger partial charge in [0.2, 0.25) is 0 Å². The van der Waals surface area contributed by atoms with E-state index in [1.807, 2.05) is 6.92 Å². The van der Waals surface area contributed by atoms with Crippen LogP contribution in [0.2, 0.25) is 0 Å². The molecule has 0 spiro atoms. The quantitative estimate of drug-likeness (QED) is 0.920. The molecule has 2 atom stereocenters. The molecule has 1 aliphatic heterocycles. The normalized spacial score (nSPS) is 20.0. The van der Waals surface area contributed by atoms with Crippen molar-refractivity contribution in [3.8, 4) is 11.5 Å². The Morgan fingerprint density at radius 2 is 1.90 bits per heavy atom. The van der Waals surface area contributed by atoms with Gasteiger partial charge in [0.05, 0.1) is 19.6 Å². The summed E-state index contributed by atoms with van der Waals surface area (Å²) < 4.78 is 49.2. The van der Waals surface area contributed by atoms with E-state index in [4.69, 9.17) is 9.47 Å². The maximum absolute atomic E-state index is 12.7. The number of hydrogen-bond acceptors (Lipinski definition) is 3. The second kappa shape index (κ2) is 6.56. The highest BCUT2D eigenvalue weighted by Gasteiger charge is 2.32. The van der Waals surface area contributed by atoms with Crippen molar-refractivity contribution in [2.75, 3.05) is 19.8 Å². The van der Waals surface area contributed by atoms with Crippen LogP contribution in [0.4, 0.5) is 13.2 Å². The number of nitrogens with one attached hydrogen (secondary N) is 1. The van der Waals surface area contributed by atoms with Crippen LogP contribution in [-0.2, 0) is 0 Å². The Balaban J connectivity index is 2.22. The molecule has 0 aromatic heterocycles. The third kappa shape index (κ3) is 4.52. The van der Waals surface area contributed by atoms with Gasteiger partial charge in [-0.1, -0.05) is 19.9 Å². The number of ether oxygens (including phenoxy) is 2. The minimum Gasteiger partial charge on any atom is -0.489 e. The van der Waals surface area contributed by atoms with Crippen molar-refractivity contribution in [2.45, 2.75) is 32.5 Å². The van der Waals surface area contributed by atoms with E-state index in [-0.39, 0.29) is 5.92 Å². The zero-order valence-electron chi connectivity index (χ0n) is 12.2. The van der Waals surface area contributed by atoms with Crippen molar-refractivity contribution in [3.63, 3.8) is 0 Å². The van der Waals surface area contributed by atoms with Gasteiger partial charge in [-0.15, -0.1) is 0 Å². The molecule has 0 radical (unpaired) electrons. The van der Waals surface area contributed by atoms with Crippen molar-refractivity contribution in [1.29, 1.82) is 0 Å². The lowest BCUT2D eigenvalue weighted by Gasteiger charge is -2.21. The molecule has 3 nitrogen and oxygen atoms in total. The molecule has 0 amide bonds. The van der Waals surface area contributed by atoms with E-state index in [9.17, 15) is 13.2 Å². The van der Waals surface area contributed by atoms with Crippen LogP contribution in [-0.4, -0.2) is 25.9 Å². The molecule has 2 rings (SSSR count). The monoisotopic (exact) mass is 303 g/mol. The molecule has 21 heavy (non-hydrogen) atoms. The van der Waals surface area contributed by atoms with Crippen molar-refractivity contribution in [2.24, 2.45) is 5.92 Å². The molecule has 1 aromatic carbocycles. The maximum Gasteiger partial charge on any atom is 0.390 e. The van der Waals surface area contributed by atoms with Crippen LogP contribution < -0.4 is 14.8 Å². The molecule has 1 aromatic rings. The van der Waals surface area contributed by atoms with E-state index >= 15 is 0 Å². The van der Waals surface area contributed by atoms with Crippen LogP contribution in [0.5, 0.6) is 11.5 Å². The number of hydrogen-bond donors (Lipinski definition) is 1. The summed E-state index contributed by atoms with van der Waals surface area (Å²) in [6.07, 6.45) is -5.12. The molecule has 6 heteroatoms. The summed E-state index contributed by atoms with van der Waals surface area (Å²) in [6.45, 7) is 5.30. The Hall–Kier alpha value is -1.43. The summed E-state index contributed by atoms with van der Waals surface area (Å²) in [7, 11) is 0. The van der Waals surface area contributed by atoms with Gasteiger partial charge in [0, 0.05) is 12.0 Å². The average molecular weight is 303 g/mol. The number of halogens is 3. The van der Waals surface area contributed by atoms with Crippen LogP contribution in [0.3, 0.4) is 0 Å². The number of rotatable bonds is 4. The van der Waals surface area contributed by atoms with Gasteiger partial charge in [-0.3, -0.25) is 0 Å². The van der Waals surface area contributed by atoms with Gasteiger partial charge in [0.1, 0.15) is 0 Å². The lowest BCUT2D eigenvalue weighted by Crippen LogP contribution is -2.26. The van der Waals surface area contributed by atoms with Gasteiger partial charge in [0.15, 0.2) is 11.5 Å². The smallest absolute Gasteiger partial charge is 0.390 e. The molecule has 0 fully saturated rings. The molecule has 1 heterocycles. The fraction of sp³-hybridized carbons (Fsp3) is 0.600. The van der Waals surface area contributed by atoms with Crippen molar-refractivity contribution < 1.29 is 22.6 Å². The SMILES string of the molecule is CCNC(CC(F)(F)F)c1ccc2c(c1)OCC(C)CO2. The molecular weight excluding hydrogens is 283 g/mol. The first-order valence-electron chi connectivity index (χ1n) is 7.08. The zero-order chi connectivity index (χ0) is 15.5. The van der Waals surface area contributed by atoms with Gasteiger partial charge < -0.3 is 14.8 Å². The Morgan fingerprint density at radius 3 is 2.52 bits per heavy atom. The highest BCUT2D eigenvalue weighted by atomic mass is 19.4. The lowest BCUT2D eigenvalue weighted by atomic mass is 10.0. The topological polar surface area (TPSA) is 30.5 Å². The van der Waals surface area contributed by atoms with Gasteiger partial charge in [-0.25, -0.2) is 0 Å². The minimum atomic E-state index is -4.22. The van der Waals surface area contributed by atoms with E-state index in [1.54, 1.807) is 25.1 Å². The Bertz CT molecular complexity index is 476. The van der Waals surface area contributed by atoms with Crippen molar-refractivity contribution >= 4 is 0 Å². The lowest BCUT2D eigenvalue weighted by molar-refractivity contribution is -0.140. The summed E-state index contributed by atoms with van der Waals surface area (Å²) in [5.74, 6) is 1.35. The first-order valence-corrected chi connectivity index (χ1v) is 7.08. The fourth-order valence-corrected chi connectivity index (χ4v) is 2.27. The molecule has 0 bridgehead atoms. The Morgan fingerprint density at radius 1 is 1.24 bits per heavy atom. The summed E-state index contributed by atoms with van der Waals surface area (Å²) >= 11 is 0. The van der Waals surface area contributed by atoms with Crippen molar-refractivity contribution in [1.82, 2.24) is 5.32 Å². The van der Waals surface area contributed by atoms with Crippen LogP contribution in [0, 0.1) is 5.92 Å². The van der Waals surface area contributed by atoms with Crippen LogP contribution in [0.25, 0.3) is 0 Å². The standard InChI is InChI=1S/C15H20F3NO2/c1-3-19-12(7-15(16,17)18)11-4-5-13-14(6-11)21-9-10(2)8-20-13/h4-6,10,12,19H,3,7-9H2,1-2H3. The average Bonchev–Trinajstić information content (AvgIpc) is 2.59. The van der Waals surface area contributed by atoms with Gasteiger partial charge >= 0.3 is 6.18 Å². The fourth-order valence-electron chi connectivity index (χ4n) is 2.27. The van der Waals surface area contributed by atoms with Gasteiger partial charge in [-0.2, -0.15) is 13.2 Å². The number of benzene rings is 1. The van der Waals surface area contributed by atoms with E-state index in [0.717, 1.165) is 0 Å². The number of alkyl halides is 3. The van der Waals surface area contributed by atoms with Crippen molar-refractivity contribution in [3.05, 3.63) is 23.8 Å². The highest BCUT2D eigenvalue weighted by molar-refractivity contribution is 5.44. The third-order valence-electron chi connectivity index (χ3n) is 3.30. The van der Waals surface area contributed by atoms with Gasteiger partial charge in [-0.05, 0) is 24.2 Å². The summed E-state index contributed by atoms with van der Waals surface area (Å²) in [4.78, 5) is 0. The molecule has 0 saturated carbocycles. The predicted octanol–water partition coefficient (Wildman–Crippen LogP) is 3.70. The molecule has 1 aliphatic rings. The van der Waals surface area contributed by atoms with E-state index < -0.39 is 18.6 Å². The molecular formula is C15H20F3NO2. The summed E-state index contributed by atoms with van der Waals surface area (Å²) in [6, 6.07) is 4.22. The molecule has 2 unspecified atom stereocenters. The van der Waals surface area contributed by atoms with Gasteiger partial charge in [0.25, 0.3) is 0 Å². The highest BCUT2D eigenvalue weighted by Crippen LogP contribution is 2.36.